The number of ether oxygens (including phenoxy) is 2. The number of carboxylic acid groups (broad SMARTS) is 1. The molecule has 0 amide bonds. The predicted octanol–water partition coefficient (Wildman–Crippen LogP) is 2.85. The largest absolute Gasteiger partial charge is 0.478 e. The first-order chi connectivity index (χ1) is 11.2. The molecule has 0 radical (unpaired) electrons. The van der Waals surface area contributed by atoms with Crippen molar-refractivity contribution in [3.05, 3.63) is 23.3 Å². The van der Waals surface area contributed by atoms with Crippen LogP contribution in [0.1, 0.15) is 46.5 Å². The van der Waals surface area contributed by atoms with Gasteiger partial charge in [0.1, 0.15) is 6.10 Å². The molecule has 1 N–H and O–H groups in total. The van der Waals surface area contributed by atoms with Crippen molar-refractivity contribution in [2.75, 3.05) is 6.61 Å². The van der Waals surface area contributed by atoms with Crippen molar-refractivity contribution in [2.24, 2.45) is 16.7 Å². The van der Waals surface area contributed by atoms with Crippen molar-refractivity contribution >= 4 is 11.9 Å². The monoisotopic (exact) mass is 332 g/mol. The van der Waals surface area contributed by atoms with Crippen molar-refractivity contribution in [1.82, 2.24) is 0 Å². The van der Waals surface area contributed by atoms with E-state index in [0.29, 0.717) is 17.8 Å². The Labute approximate surface area is 141 Å². The van der Waals surface area contributed by atoms with Gasteiger partial charge in [-0.05, 0) is 49.7 Å². The van der Waals surface area contributed by atoms with Crippen LogP contribution >= 0.6 is 0 Å². The molecule has 5 aliphatic rings. The molecule has 1 saturated heterocycles. The first-order valence-electron chi connectivity index (χ1n) is 8.71. The van der Waals surface area contributed by atoms with Gasteiger partial charge >= 0.3 is 11.9 Å². The lowest BCUT2D eigenvalue weighted by Gasteiger charge is -2.55. The summed E-state index contributed by atoms with van der Waals surface area (Å²) in [6.45, 7) is 6.56. The highest BCUT2D eigenvalue weighted by molar-refractivity contribution is 5.93. The van der Waals surface area contributed by atoms with Crippen molar-refractivity contribution in [2.45, 2.75) is 58.2 Å². The molecule has 3 aliphatic heterocycles. The van der Waals surface area contributed by atoms with Gasteiger partial charge in [-0.2, -0.15) is 0 Å². The van der Waals surface area contributed by atoms with Gasteiger partial charge in [-0.1, -0.05) is 20.3 Å². The molecule has 5 heteroatoms. The van der Waals surface area contributed by atoms with Crippen LogP contribution < -0.4 is 0 Å². The number of carbonyl (C=O) groups is 2. The zero-order valence-corrected chi connectivity index (χ0v) is 14.4. The molecule has 4 atom stereocenters. The first kappa shape index (κ1) is 15.9. The Hall–Kier alpha value is -1.62. The zero-order chi connectivity index (χ0) is 17.3. The molecule has 5 rings (SSSR count). The van der Waals surface area contributed by atoms with E-state index in [4.69, 9.17) is 9.47 Å². The summed E-state index contributed by atoms with van der Waals surface area (Å²) in [6, 6.07) is 0. The minimum atomic E-state index is -1.06. The van der Waals surface area contributed by atoms with Gasteiger partial charge in [-0.15, -0.1) is 0 Å². The zero-order valence-electron chi connectivity index (χ0n) is 14.4. The van der Waals surface area contributed by atoms with Crippen LogP contribution in [0.15, 0.2) is 23.3 Å². The number of aliphatic carboxylic acids is 1. The van der Waals surface area contributed by atoms with E-state index in [0.717, 1.165) is 25.7 Å². The molecule has 0 aromatic rings. The van der Waals surface area contributed by atoms with E-state index in [1.807, 2.05) is 0 Å². The summed E-state index contributed by atoms with van der Waals surface area (Å²) in [7, 11) is 0. The number of fused-ring (bicyclic) bond motifs is 1. The molecule has 130 valence electrons. The molecular formula is C19H24O5. The van der Waals surface area contributed by atoms with Crippen LogP contribution in [-0.4, -0.2) is 35.4 Å². The highest BCUT2D eigenvalue weighted by Gasteiger charge is 2.63. The highest BCUT2D eigenvalue weighted by Crippen LogP contribution is 2.62. The SMILES string of the molecule is CC1=C[C@@]2(C=C(C(=O)O)[C@@]34CCCC(C)(C)C3C[C@@H]2OC4)OC1=O. The van der Waals surface area contributed by atoms with E-state index in [9.17, 15) is 14.7 Å². The van der Waals surface area contributed by atoms with Gasteiger partial charge < -0.3 is 14.6 Å². The maximum absolute atomic E-state index is 12.2. The van der Waals surface area contributed by atoms with E-state index < -0.39 is 17.0 Å². The maximum atomic E-state index is 12.2. The van der Waals surface area contributed by atoms with E-state index in [1.165, 1.54) is 0 Å². The van der Waals surface area contributed by atoms with Crippen LogP contribution in [0.4, 0.5) is 0 Å². The number of esters is 1. The van der Waals surface area contributed by atoms with E-state index in [2.05, 4.69) is 13.8 Å². The number of rotatable bonds is 1. The van der Waals surface area contributed by atoms with Crippen LogP contribution in [0.2, 0.25) is 0 Å². The summed E-state index contributed by atoms with van der Waals surface area (Å²) in [5.41, 5.74) is -0.610. The second-order valence-electron chi connectivity index (χ2n) is 8.52. The van der Waals surface area contributed by atoms with Gasteiger partial charge in [0.25, 0.3) is 0 Å². The van der Waals surface area contributed by atoms with Gasteiger partial charge in [0.05, 0.1) is 6.61 Å². The lowest BCUT2D eigenvalue weighted by Crippen LogP contribution is -2.55. The first-order valence-corrected chi connectivity index (χ1v) is 8.71. The number of carbonyl (C=O) groups excluding carboxylic acids is 1. The van der Waals surface area contributed by atoms with Crippen LogP contribution in [0.25, 0.3) is 0 Å². The molecule has 3 heterocycles. The molecule has 5 nitrogen and oxygen atoms in total. The topological polar surface area (TPSA) is 72.8 Å². The third-order valence-corrected chi connectivity index (χ3v) is 6.72. The fourth-order valence-corrected chi connectivity index (χ4v) is 5.55. The molecule has 2 aliphatic carbocycles. The Bertz CT molecular complexity index is 688. The summed E-state index contributed by atoms with van der Waals surface area (Å²) in [6.07, 6.45) is 6.74. The molecule has 2 fully saturated rings. The summed E-state index contributed by atoms with van der Waals surface area (Å²) in [5.74, 6) is -1.09. The minimum absolute atomic E-state index is 0.0434. The molecule has 1 unspecified atom stereocenters. The van der Waals surface area contributed by atoms with Crippen molar-refractivity contribution in [3.8, 4) is 0 Å². The second kappa shape index (κ2) is 4.72. The van der Waals surface area contributed by atoms with Gasteiger partial charge in [-0.3, -0.25) is 0 Å². The molecule has 2 bridgehead atoms. The lowest BCUT2D eigenvalue weighted by molar-refractivity contribution is -0.180. The maximum Gasteiger partial charge on any atom is 0.334 e. The van der Waals surface area contributed by atoms with Gasteiger partial charge in [-0.25, -0.2) is 9.59 Å². The number of hydrogen-bond donors (Lipinski definition) is 1. The highest BCUT2D eigenvalue weighted by atomic mass is 16.6. The molecular weight excluding hydrogens is 308 g/mol. The number of carboxylic acids is 1. The molecule has 0 aromatic carbocycles. The molecule has 1 saturated carbocycles. The van der Waals surface area contributed by atoms with Gasteiger partial charge in [0, 0.05) is 16.6 Å². The summed E-state index contributed by atoms with van der Waals surface area (Å²) < 4.78 is 11.8. The molecule has 24 heavy (non-hydrogen) atoms. The molecule has 2 spiro atoms. The van der Waals surface area contributed by atoms with E-state index in [-0.39, 0.29) is 23.4 Å². The van der Waals surface area contributed by atoms with Crippen LogP contribution in [0.3, 0.4) is 0 Å². The van der Waals surface area contributed by atoms with E-state index >= 15 is 0 Å². The standard InChI is InChI=1S/C19H24O5/c1-11-8-19(24-16(11)22)9-12(15(20)21)18-6-4-5-17(2,3)13(18)7-14(19)23-10-18/h8-9,13-14H,4-7,10H2,1-3H3,(H,20,21)/t13?,14-,18-,19-/m0/s1. The van der Waals surface area contributed by atoms with Crippen molar-refractivity contribution in [1.29, 1.82) is 0 Å². The third kappa shape index (κ3) is 1.91. The Morgan fingerprint density at radius 3 is 2.67 bits per heavy atom. The predicted molar refractivity (Wildman–Crippen MR) is 86.2 cm³/mol. The number of hydrogen-bond acceptors (Lipinski definition) is 4. The average Bonchev–Trinajstić information content (AvgIpc) is 2.65. The Morgan fingerprint density at radius 1 is 1.29 bits per heavy atom. The van der Waals surface area contributed by atoms with Crippen LogP contribution in [0, 0.1) is 16.7 Å². The summed E-state index contributed by atoms with van der Waals surface area (Å²) in [5, 5.41) is 9.98. The summed E-state index contributed by atoms with van der Waals surface area (Å²) >= 11 is 0. The fraction of sp³-hybridized carbons (Fsp3) is 0.684. The van der Waals surface area contributed by atoms with Crippen LogP contribution in [0.5, 0.6) is 0 Å². The summed E-state index contributed by atoms with van der Waals surface area (Å²) in [4.78, 5) is 24.2. The van der Waals surface area contributed by atoms with Gasteiger partial charge in [0.15, 0.2) is 5.60 Å². The minimum Gasteiger partial charge on any atom is -0.478 e. The smallest absolute Gasteiger partial charge is 0.334 e. The van der Waals surface area contributed by atoms with E-state index in [1.54, 1.807) is 19.1 Å². The quantitative estimate of drug-likeness (QED) is 0.748. The lowest BCUT2D eigenvalue weighted by atomic mass is 9.52. The fourth-order valence-electron chi connectivity index (χ4n) is 5.55. The van der Waals surface area contributed by atoms with Crippen molar-refractivity contribution in [3.63, 3.8) is 0 Å². The Kier molecular flexibility index (Phi) is 3.12. The Balaban J connectivity index is 1.92. The Morgan fingerprint density at radius 2 is 2.04 bits per heavy atom. The third-order valence-electron chi connectivity index (χ3n) is 6.72. The van der Waals surface area contributed by atoms with Gasteiger partial charge in [0.2, 0.25) is 0 Å². The average molecular weight is 332 g/mol. The molecule has 0 aromatic heterocycles. The van der Waals surface area contributed by atoms with Crippen molar-refractivity contribution < 1.29 is 24.2 Å². The van der Waals surface area contributed by atoms with Crippen LogP contribution in [-0.2, 0) is 19.1 Å². The normalized spacial score (nSPS) is 42.9. The second-order valence-corrected chi connectivity index (χ2v) is 8.52.